The van der Waals surface area contributed by atoms with E-state index in [-0.39, 0.29) is 6.32 Å². The van der Waals surface area contributed by atoms with Gasteiger partial charge in [0, 0.05) is 0 Å². The third-order valence-electron chi connectivity index (χ3n) is 3.65. The SMILES string of the molecule is CCCCCCCCCC(I)(I)c1ccccc1S(=O)(=O)O. The Kier molecular flexibility index (Phi) is 9.17. The molecule has 0 aliphatic heterocycles. The standard InChI is InChI=1S/C16H24I2O3S/c1-2-3-4-5-6-7-10-13-16(17,18)14-11-8-9-12-15(14)22(19,20)21/h8-9,11-12H,2-7,10,13H2,1H3,(H,19,20,21). The molecule has 0 unspecified atom stereocenters. The van der Waals surface area contributed by atoms with Crippen molar-refractivity contribution in [3.63, 3.8) is 0 Å². The lowest BCUT2D eigenvalue weighted by molar-refractivity contribution is 0.481. The van der Waals surface area contributed by atoms with Gasteiger partial charge < -0.3 is 0 Å². The molecule has 0 heterocycles. The summed E-state index contributed by atoms with van der Waals surface area (Å²) in [6.07, 6.45) is 9.54. The smallest absolute Gasteiger partial charge is 0.282 e. The van der Waals surface area contributed by atoms with Crippen molar-refractivity contribution < 1.29 is 13.0 Å². The van der Waals surface area contributed by atoms with Crippen LogP contribution in [0.2, 0.25) is 0 Å². The maximum Gasteiger partial charge on any atom is 0.294 e. The number of unbranched alkanes of at least 4 members (excludes halogenated alkanes) is 6. The molecule has 0 radical (unpaired) electrons. The van der Waals surface area contributed by atoms with Gasteiger partial charge in [-0.15, -0.1) is 0 Å². The van der Waals surface area contributed by atoms with Crippen molar-refractivity contribution >= 4 is 55.3 Å². The molecule has 0 atom stereocenters. The molecule has 0 bridgehead atoms. The second-order valence-electron chi connectivity index (χ2n) is 5.55. The number of hydrogen-bond acceptors (Lipinski definition) is 2. The van der Waals surface area contributed by atoms with Crippen LogP contribution in [0.1, 0.15) is 63.9 Å². The van der Waals surface area contributed by atoms with Crippen LogP contribution < -0.4 is 0 Å². The molecule has 1 N–H and O–H groups in total. The lowest BCUT2D eigenvalue weighted by Crippen LogP contribution is -2.14. The first-order chi connectivity index (χ1) is 10.3. The molecule has 1 rings (SSSR count). The summed E-state index contributed by atoms with van der Waals surface area (Å²) in [5.41, 5.74) is 0.685. The van der Waals surface area contributed by atoms with Crippen LogP contribution in [-0.4, -0.2) is 13.0 Å². The Balaban J connectivity index is 2.60. The number of rotatable bonds is 10. The fourth-order valence-corrected chi connectivity index (χ4v) is 5.27. The molecule has 0 saturated carbocycles. The number of benzene rings is 1. The van der Waals surface area contributed by atoms with Gasteiger partial charge in [0.05, 0.1) is 6.32 Å². The number of alkyl halides is 2. The first kappa shape index (κ1) is 20.6. The molecular weight excluding hydrogens is 526 g/mol. The molecule has 1 aromatic carbocycles. The molecular formula is C16H24I2O3S. The van der Waals surface area contributed by atoms with Crippen LogP contribution in [0.15, 0.2) is 29.2 Å². The highest BCUT2D eigenvalue weighted by Crippen LogP contribution is 2.46. The zero-order valence-corrected chi connectivity index (χ0v) is 18.0. The number of hydrogen-bond donors (Lipinski definition) is 1. The minimum atomic E-state index is -4.17. The minimum absolute atomic E-state index is 0.0294. The van der Waals surface area contributed by atoms with Gasteiger partial charge in [0.15, 0.2) is 0 Å². The Labute approximate surface area is 161 Å². The van der Waals surface area contributed by atoms with Crippen molar-refractivity contribution in [2.45, 2.75) is 64.6 Å². The fraction of sp³-hybridized carbons (Fsp3) is 0.625. The molecule has 22 heavy (non-hydrogen) atoms. The predicted octanol–water partition coefficient (Wildman–Crippen LogP) is 6.10. The maximum atomic E-state index is 11.5. The van der Waals surface area contributed by atoms with Gasteiger partial charge in [-0.2, -0.15) is 8.42 Å². The van der Waals surface area contributed by atoms with Crippen molar-refractivity contribution in [3.05, 3.63) is 29.8 Å². The summed E-state index contributed by atoms with van der Waals surface area (Å²) in [5.74, 6) is 0. The Bertz CT molecular complexity index is 556. The van der Waals surface area contributed by atoms with Crippen molar-refractivity contribution in [3.8, 4) is 0 Å². The van der Waals surface area contributed by atoms with E-state index in [1.807, 2.05) is 6.07 Å². The summed E-state index contributed by atoms with van der Waals surface area (Å²) in [7, 11) is -4.17. The van der Waals surface area contributed by atoms with Crippen molar-refractivity contribution in [2.24, 2.45) is 0 Å². The molecule has 3 nitrogen and oxygen atoms in total. The van der Waals surface area contributed by atoms with Gasteiger partial charge in [-0.1, -0.05) is 115 Å². The first-order valence-corrected chi connectivity index (χ1v) is 11.3. The normalized spacial score (nSPS) is 12.5. The average Bonchev–Trinajstić information content (AvgIpc) is 2.45. The summed E-state index contributed by atoms with van der Waals surface area (Å²) >= 11 is 4.59. The lowest BCUT2D eigenvalue weighted by atomic mass is 10.0. The van der Waals surface area contributed by atoms with Crippen LogP contribution in [0.25, 0.3) is 0 Å². The molecule has 6 heteroatoms. The second kappa shape index (κ2) is 9.78. The molecule has 126 valence electrons. The Morgan fingerprint density at radius 3 is 2.14 bits per heavy atom. The molecule has 0 saturated heterocycles. The maximum absolute atomic E-state index is 11.5. The lowest BCUT2D eigenvalue weighted by Gasteiger charge is -2.23. The van der Waals surface area contributed by atoms with Gasteiger partial charge >= 0.3 is 0 Å². The highest BCUT2D eigenvalue weighted by Gasteiger charge is 2.30. The molecule has 0 aromatic heterocycles. The van der Waals surface area contributed by atoms with Crippen LogP contribution in [-0.2, 0) is 11.5 Å². The predicted molar refractivity (Wildman–Crippen MR) is 109 cm³/mol. The van der Waals surface area contributed by atoms with E-state index in [2.05, 4.69) is 52.1 Å². The highest BCUT2D eigenvalue weighted by molar-refractivity contribution is 14.2. The molecule has 0 fully saturated rings. The zero-order valence-electron chi connectivity index (χ0n) is 12.9. The van der Waals surface area contributed by atoms with Crippen molar-refractivity contribution in [1.82, 2.24) is 0 Å². The molecule has 0 spiro atoms. The summed E-state index contributed by atoms with van der Waals surface area (Å²) in [4.78, 5) is 0.0294. The Morgan fingerprint density at radius 2 is 1.55 bits per heavy atom. The van der Waals surface area contributed by atoms with Crippen molar-refractivity contribution in [1.29, 1.82) is 0 Å². The summed E-state index contributed by atoms with van der Waals surface area (Å²) in [6, 6.07) is 6.73. The third-order valence-corrected chi connectivity index (χ3v) is 6.81. The molecule has 0 aliphatic carbocycles. The summed E-state index contributed by atoms with van der Waals surface area (Å²) < 4.78 is 32.1. The van der Waals surface area contributed by atoms with E-state index in [9.17, 15) is 13.0 Å². The molecule has 1 aromatic rings. The van der Waals surface area contributed by atoms with Gasteiger partial charge in [-0.25, -0.2) is 0 Å². The van der Waals surface area contributed by atoms with Crippen LogP contribution in [0.4, 0.5) is 0 Å². The van der Waals surface area contributed by atoms with E-state index < -0.39 is 10.1 Å². The largest absolute Gasteiger partial charge is 0.294 e. The van der Waals surface area contributed by atoms with E-state index in [1.165, 1.54) is 44.6 Å². The molecule has 0 amide bonds. The Morgan fingerprint density at radius 1 is 1.00 bits per heavy atom. The summed E-state index contributed by atoms with van der Waals surface area (Å²) in [6.45, 7) is 2.22. The highest BCUT2D eigenvalue weighted by atomic mass is 127. The van der Waals surface area contributed by atoms with Crippen LogP contribution in [0, 0.1) is 0 Å². The van der Waals surface area contributed by atoms with E-state index in [4.69, 9.17) is 0 Å². The van der Waals surface area contributed by atoms with E-state index >= 15 is 0 Å². The fourth-order valence-electron chi connectivity index (χ4n) is 2.43. The van der Waals surface area contributed by atoms with Gasteiger partial charge in [0.2, 0.25) is 0 Å². The minimum Gasteiger partial charge on any atom is -0.282 e. The van der Waals surface area contributed by atoms with Crippen LogP contribution in [0.3, 0.4) is 0 Å². The quantitative estimate of drug-likeness (QED) is 0.166. The second-order valence-corrected chi connectivity index (χ2v) is 12.7. The third kappa shape index (κ3) is 7.00. The zero-order chi connectivity index (χ0) is 16.6. The first-order valence-electron chi connectivity index (χ1n) is 7.74. The van der Waals surface area contributed by atoms with Crippen LogP contribution in [0.5, 0.6) is 0 Å². The monoisotopic (exact) mass is 550 g/mol. The topological polar surface area (TPSA) is 54.4 Å². The van der Waals surface area contributed by atoms with E-state index in [1.54, 1.807) is 12.1 Å². The van der Waals surface area contributed by atoms with E-state index in [0.29, 0.717) is 5.56 Å². The molecule has 0 aliphatic rings. The number of halogens is 2. The van der Waals surface area contributed by atoms with E-state index in [0.717, 1.165) is 12.8 Å². The Hall–Kier alpha value is 0.590. The van der Waals surface area contributed by atoms with Gasteiger partial charge in [0.25, 0.3) is 10.1 Å². The van der Waals surface area contributed by atoms with Gasteiger partial charge in [-0.3, -0.25) is 4.55 Å². The summed E-state index contributed by atoms with van der Waals surface area (Å²) in [5, 5.41) is 0. The van der Waals surface area contributed by atoms with Gasteiger partial charge in [0.1, 0.15) is 0 Å². The van der Waals surface area contributed by atoms with Crippen molar-refractivity contribution in [2.75, 3.05) is 0 Å². The van der Waals surface area contributed by atoms with Crippen LogP contribution >= 0.6 is 45.2 Å². The van der Waals surface area contributed by atoms with Gasteiger partial charge in [-0.05, 0) is 18.1 Å². The average molecular weight is 550 g/mol.